The predicted molar refractivity (Wildman–Crippen MR) is 142 cm³/mol. The highest BCUT2D eigenvalue weighted by atomic mass is 19.4. The minimum atomic E-state index is -5.19. The van der Waals surface area contributed by atoms with E-state index in [2.05, 4.69) is 5.10 Å². The summed E-state index contributed by atoms with van der Waals surface area (Å²) < 4.78 is 80.6. The van der Waals surface area contributed by atoms with Gasteiger partial charge in [0, 0.05) is 36.2 Å². The minimum absolute atomic E-state index is 0.0995. The van der Waals surface area contributed by atoms with Crippen molar-refractivity contribution >= 4 is 34.8 Å². The molecule has 3 amide bonds. The summed E-state index contributed by atoms with van der Waals surface area (Å²) >= 11 is 0. The first-order chi connectivity index (χ1) is 19.6. The third-order valence-corrected chi connectivity index (χ3v) is 6.76. The number of benzene rings is 2. The van der Waals surface area contributed by atoms with Gasteiger partial charge in [-0.25, -0.2) is 4.68 Å². The molecule has 1 aromatic heterocycles. The van der Waals surface area contributed by atoms with E-state index < -0.39 is 35.6 Å². The highest BCUT2D eigenvalue weighted by Gasteiger charge is 2.43. The second-order valence-electron chi connectivity index (χ2n) is 9.59. The Bertz CT molecular complexity index is 1500. The number of hydrogen-bond acceptors (Lipinski definition) is 5. The Morgan fingerprint density at radius 1 is 1.00 bits per heavy atom. The fourth-order valence-corrected chi connectivity index (χ4v) is 4.39. The fourth-order valence-electron chi connectivity index (χ4n) is 4.39. The maximum atomic E-state index is 13.9. The highest BCUT2D eigenvalue weighted by molar-refractivity contribution is 6.08. The monoisotopic (exact) mass is 596 g/mol. The van der Waals surface area contributed by atoms with Crippen molar-refractivity contribution in [3.8, 4) is 5.69 Å². The van der Waals surface area contributed by atoms with Crippen LogP contribution in [0.25, 0.3) is 5.69 Å². The Labute approximate surface area is 236 Å². The molecule has 3 aromatic rings. The number of alkyl halides is 6. The molecule has 42 heavy (non-hydrogen) atoms. The first kappa shape index (κ1) is 30.6. The van der Waals surface area contributed by atoms with E-state index in [1.54, 1.807) is 43.7 Å². The molecule has 2 aromatic carbocycles. The molecule has 0 unspecified atom stereocenters. The van der Waals surface area contributed by atoms with Crippen molar-refractivity contribution in [1.29, 1.82) is 0 Å². The van der Waals surface area contributed by atoms with Gasteiger partial charge in [0.05, 0.1) is 12.2 Å². The zero-order valence-corrected chi connectivity index (χ0v) is 22.7. The summed E-state index contributed by atoms with van der Waals surface area (Å²) in [5.41, 5.74) is -1.67. The molecule has 224 valence electrons. The van der Waals surface area contributed by atoms with Crippen molar-refractivity contribution in [3.05, 3.63) is 65.5 Å². The summed E-state index contributed by atoms with van der Waals surface area (Å²) in [6.45, 7) is 2.68. The summed E-state index contributed by atoms with van der Waals surface area (Å²) in [4.78, 5) is 42.1. The zero-order chi connectivity index (χ0) is 31.0. The van der Waals surface area contributed by atoms with Gasteiger partial charge in [0.25, 0.3) is 5.91 Å². The van der Waals surface area contributed by atoms with Crippen LogP contribution in [0, 0.1) is 0 Å². The van der Waals surface area contributed by atoms with Crippen LogP contribution in [-0.2, 0) is 22.2 Å². The molecule has 9 nitrogen and oxygen atoms in total. The van der Waals surface area contributed by atoms with Crippen LogP contribution in [0.1, 0.15) is 28.7 Å². The van der Waals surface area contributed by atoms with Crippen molar-refractivity contribution in [3.63, 3.8) is 0 Å². The molecule has 0 bridgehead atoms. The summed E-state index contributed by atoms with van der Waals surface area (Å²) in [6.07, 6.45) is -10.3. The molecule has 0 radical (unpaired) electrons. The topological polar surface area (TPSA) is 90.8 Å². The molecule has 0 fully saturated rings. The maximum absolute atomic E-state index is 13.9. The van der Waals surface area contributed by atoms with E-state index >= 15 is 0 Å². The fraction of sp³-hybridized carbons (Fsp3) is 0.333. The summed E-state index contributed by atoms with van der Waals surface area (Å²) in [5, 5.41) is 5.27. The number of rotatable bonds is 7. The number of likely N-dealkylation sites (N-methyl/N-ethyl adjacent to an activating group) is 2. The molecule has 0 saturated carbocycles. The quantitative estimate of drug-likeness (QED) is 0.406. The largest absolute Gasteiger partial charge is 0.471 e. The molecule has 0 spiro atoms. The second kappa shape index (κ2) is 11.5. The van der Waals surface area contributed by atoms with Gasteiger partial charge in [-0.05, 0) is 62.5 Å². The number of carbonyl (C=O) groups is 3. The maximum Gasteiger partial charge on any atom is 0.471 e. The van der Waals surface area contributed by atoms with Crippen LogP contribution in [0.15, 0.2) is 48.5 Å². The van der Waals surface area contributed by atoms with Crippen LogP contribution < -0.4 is 15.1 Å². The average molecular weight is 597 g/mol. The number of nitrogens with zero attached hydrogens (tertiary/aromatic N) is 5. The Kier molecular flexibility index (Phi) is 8.34. The molecule has 1 aliphatic rings. The van der Waals surface area contributed by atoms with Gasteiger partial charge in [-0.15, -0.1) is 0 Å². The van der Waals surface area contributed by atoms with E-state index in [9.17, 15) is 40.7 Å². The Balaban J connectivity index is 1.68. The molecular formula is C27H26F6N6O3. The Morgan fingerprint density at radius 2 is 1.67 bits per heavy atom. The van der Waals surface area contributed by atoms with Gasteiger partial charge in [0.2, 0.25) is 5.91 Å². The lowest BCUT2D eigenvalue weighted by Crippen LogP contribution is -2.39. The molecule has 0 atom stereocenters. The normalized spacial score (nSPS) is 13.8. The second-order valence-corrected chi connectivity index (χ2v) is 9.59. The van der Waals surface area contributed by atoms with Crippen molar-refractivity contribution in [2.45, 2.75) is 25.7 Å². The van der Waals surface area contributed by atoms with Crippen molar-refractivity contribution < 1.29 is 40.7 Å². The van der Waals surface area contributed by atoms with Gasteiger partial charge in [-0.1, -0.05) is 13.0 Å². The molecule has 15 heteroatoms. The van der Waals surface area contributed by atoms with E-state index in [1.165, 1.54) is 21.9 Å². The van der Waals surface area contributed by atoms with Gasteiger partial charge >= 0.3 is 18.3 Å². The van der Waals surface area contributed by atoms with E-state index in [4.69, 9.17) is 0 Å². The smallest absolute Gasteiger partial charge is 0.318 e. The average Bonchev–Trinajstić information content (AvgIpc) is 3.34. The van der Waals surface area contributed by atoms with Crippen LogP contribution in [-0.4, -0.2) is 72.3 Å². The summed E-state index contributed by atoms with van der Waals surface area (Å²) in [7, 11) is 3.40. The van der Waals surface area contributed by atoms with E-state index in [0.29, 0.717) is 17.9 Å². The molecule has 2 heterocycles. The number of hydrogen-bond donors (Lipinski definition) is 1. The van der Waals surface area contributed by atoms with Gasteiger partial charge in [-0.3, -0.25) is 19.3 Å². The number of fused-ring (bicyclic) bond motifs is 1. The van der Waals surface area contributed by atoms with E-state index in [-0.39, 0.29) is 42.4 Å². The molecule has 4 rings (SSSR count). The van der Waals surface area contributed by atoms with Gasteiger partial charge in [-0.2, -0.15) is 31.4 Å². The van der Waals surface area contributed by atoms with Crippen LogP contribution in [0.2, 0.25) is 0 Å². The van der Waals surface area contributed by atoms with Gasteiger partial charge in [0.1, 0.15) is 5.69 Å². The summed E-state index contributed by atoms with van der Waals surface area (Å²) in [6, 6.07) is 10.9. The predicted octanol–water partition coefficient (Wildman–Crippen LogP) is 4.51. The van der Waals surface area contributed by atoms with Crippen molar-refractivity contribution in [1.82, 2.24) is 14.7 Å². The first-order valence-electron chi connectivity index (χ1n) is 12.7. The lowest BCUT2D eigenvalue weighted by Gasteiger charge is -2.28. The molecule has 0 saturated heterocycles. The molecule has 0 aliphatic carbocycles. The number of anilines is 3. The number of nitrogens with one attached hydrogen (secondary N) is 1. The number of aromatic nitrogens is 2. The van der Waals surface area contributed by atoms with E-state index in [1.807, 2.05) is 11.8 Å². The lowest BCUT2D eigenvalue weighted by molar-refractivity contribution is -0.167. The van der Waals surface area contributed by atoms with Crippen LogP contribution >= 0.6 is 0 Å². The lowest BCUT2D eigenvalue weighted by atomic mass is 10.0. The standard InChI is InChI=1S/C27H26F6N6O3/c1-4-36(2)15-21(40)37(3)17-8-10-18(11-9-17)38-13-12-20-22(24(38)41)39(35-23(20)26(28,29)30)19-7-5-6-16(14-19)34-25(42)27(31,32)33/h5-11,14H,4,12-13,15H2,1-3H3,(H,34,42). The van der Waals surface area contributed by atoms with E-state index in [0.717, 1.165) is 16.8 Å². The number of amides is 3. The molecular weight excluding hydrogens is 570 g/mol. The molecule has 1 aliphatic heterocycles. The van der Waals surface area contributed by atoms with Crippen molar-refractivity contribution in [2.75, 3.05) is 48.8 Å². The highest BCUT2D eigenvalue weighted by Crippen LogP contribution is 2.37. The number of carbonyl (C=O) groups excluding carboxylic acids is 3. The Morgan fingerprint density at radius 3 is 2.26 bits per heavy atom. The zero-order valence-electron chi connectivity index (χ0n) is 22.7. The van der Waals surface area contributed by atoms with Crippen LogP contribution in [0.3, 0.4) is 0 Å². The third kappa shape index (κ3) is 6.25. The van der Waals surface area contributed by atoms with Crippen molar-refractivity contribution in [2.24, 2.45) is 0 Å². The van der Waals surface area contributed by atoms with Gasteiger partial charge in [0.15, 0.2) is 5.69 Å². The van der Waals surface area contributed by atoms with Crippen LogP contribution in [0.5, 0.6) is 0 Å². The SMILES string of the molecule is CCN(C)CC(=O)N(C)c1ccc(N2CCc3c(C(F)(F)F)nn(-c4cccc(NC(=O)C(F)(F)F)c4)c3C2=O)cc1. The Hall–Kier alpha value is -4.40. The van der Waals surface area contributed by atoms with Gasteiger partial charge < -0.3 is 15.1 Å². The minimum Gasteiger partial charge on any atom is -0.318 e. The first-order valence-corrected chi connectivity index (χ1v) is 12.7. The summed E-state index contributed by atoms with van der Waals surface area (Å²) in [5.74, 6) is -3.25. The number of halogens is 6. The molecule has 1 N–H and O–H groups in total. The van der Waals surface area contributed by atoms with Crippen LogP contribution in [0.4, 0.5) is 43.4 Å². The third-order valence-electron chi connectivity index (χ3n) is 6.76.